The molecular formula is C29H32Cl2N6O3S. The number of carbonyl (C=O) groups is 1. The predicted molar refractivity (Wildman–Crippen MR) is 163 cm³/mol. The van der Waals surface area contributed by atoms with Crippen LogP contribution in [0.5, 0.6) is 0 Å². The number of hydrogen-bond acceptors (Lipinski definition) is 7. The Kier molecular flexibility index (Phi) is 8.72. The second-order valence-electron chi connectivity index (χ2n) is 10.2. The van der Waals surface area contributed by atoms with Gasteiger partial charge in [0.05, 0.1) is 16.8 Å². The zero-order chi connectivity index (χ0) is 29.1. The van der Waals surface area contributed by atoms with E-state index in [1.807, 2.05) is 11.8 Å². The Morgan fingerprint density at radius 3 is 2.54 bits per heavy atom. The fourth-order valence-corrected chi connectivity index (χ4v) is 7.07. The molecule has 1 aliphatic rings. The minimum Gasteiger partial charge on any atom is -0.376 e. The molecule has 1 atom stereocenters. The van der Waals surface area contributed by atoms with Crippen molar-refractivity contribution in [2.45, 2.75) is 44.0 Å². The average molecular weight is 616 g/mol. The van der Waals surface area contributed by atoms with Crippen molar-refractivity contribution in [3.05, 3.63) is 76.7 Å². The van der Waals surface area contributed by atoms with Crippen molar-refractivity contribution >= 4 is 61.7 Å². The lowest BCUT2D eigenvalue weighted by Gasteiger charge is -2.40. The largest absolute Gasteiger partial charge is 0.376 e. The van der Waals surface area contributed by atoms with E-state index in [9.17, 15) is 13.2 Å². The average Bonchev–Trinajstić information content (AvgIpc) is 3.40. The van der Waals surface area contributed by atoms with Gasteiger partial charge in [0.25, 0.3) is 10.0 Å². The van der Waals surface area contributed by atoms with E-state index in [4.69, 9.17) is 23.2 Å². The van der Waals surface area contributed by atoms with Crippen LogP contribution in [0.3, 0.4) is 0 Å². The highest BCUT2D eigenvalue weighted by molar-refractivity contribution is 7.90. The Labute approximate surface area is 250 Å². The summed E-state index contributed by atoms with van der Waals surface area (Å²) in [5, 5.41) is 4.78. The molecule has 1 unspecified atom stereocenters. The van der Waals surface area contributed by atoms with Crippen LogP contribution >= 0.6 is 23.2 Å². The molecule has 12 heteroatoms. The first-order valence-corrected chi connectivity index (χ1v) is 15.8. The third-order valence-corrected chi connectivity index (χ3v) is 9.35. The van der Waals surface area contributed by atoms with E-state index in [0.29, 0.717) is 52.2 Å². The highest BCUT2D eigenvalue weighted by Gasteiger charge is 2.30. The van der Waals surface area contributed by atoms with Crippen LogP contribution in [0.4, 0.5) is 11.5 Å². The first kappa shape index (κ1) is 29.2. The molecule has 2 aromatic heterocycles. The molecule has 1 aliphatic heterocycles. The monoisotopic (exact) mass is 614 g/mol. The number of aromatic nitrogens is 3. The van der Waals surface area contributed by atoms with Crippen molar-refractivity contribution in [3.8, 4) is 0 Å². The predicted octanol–water partition coefficient (Wildman–Crippen LogP) is 5.60. The van der Waals surface area contributed by atoms with Crippen LogP contribution in [0.1, 0.15) is 31.7 Å². The Bertz CT molecular complexity index is 1640. The summed E-state index contributed by atoms with van der Waals surface area (Å²) in [4.78, 5) is 26.4. The van der Waals surface area contributed by atoms with Gasteiger partial charge in [-0.15, -0.1) is 0 Å². The summed E-state index contributed by atoms with van der Waals surface area (Å²) in [7, 11) is -3.84. The number of nitrogens with zero attached hydrogens (tertiary/aromatic N) is 5. The lowest BCUT2D eigenvalue weighted by molar-refractivity contribution is -0.130. The number of amides is 1. The number of rotatable bonds is 9. The molecule has 216 valence electrons. The fraction of sp³-hybridized carbons (Fsp3) is 0.345. The van der Waals surface area contributed by atoms with Crippen molar-refractivity contribution in [2.75, 3.05) is 36.4 Å². The third-order valence-electron chi connectivity index (χ3n) is 7.24. The normalized spacial score (nSPS) is 15.7. The molecule has 1 fully saturated rings. The summed E-state index contributed by atoms with van der Waals surface area (Å²) in [5.41, 5.74) is 1.99. The van der Waals surface area contributed by atoms with Crippen LogP contribution in [0.15, 0.2) is 66.0 Å². The van der Waals surface area contributed by atoms with Crippen molar-refractivity contribution in [2.24, 2.45) is 0 Å². The number of anilines is 2. The van der Waals surface area contributed by atoms with Crippen molar-refractivity contribution in [1.82, 2.24) is 18.8 Å². The topological polar surface area (TPSA) is 100 Å². The molecule has 9 nitrogen and oxygen atoms in total. The molecule has 5 rings (SSSR count). The minimum atomic E-state index is -3.84. The van der Waals surface area contributed by atoms with E-state index in [1.165, 1.54) is 16.5 Å². The van der Waals surface area contributed by atoms with E-state index in [1.54, 1.807) is 48.5 Å². The summed E-state index contributed by atoms with van der Waals surface area (Å²) in [6.45, 7) is 6.02. The zero-order valence-electron chi connectivity index (χ0n) is 22.9. The highest BCUT2D eigenvalue weighted by atomic mass is 35.5. The number of fused-ring (bicyclic) bond motifs is 1. The second-order valence-corrected chi connectivity index (χ2v) is 12.9. The van der Waals surface area contributed by atoms with Crippen molar-refractivity contribution < 1.29 is 13.2 Å². The van der Waals surface area contributed by atoms with Gasteiger partial charge >= 0.3 is 0 Å². The van der Waals surface area contributed by atoms with Crippen molar-refractivity contribution in [1.29, 1.82) is 0 Å². The molecule has 0 saturated carbocycles. The molecule has 4 aromatic rings. The number of halogens is 2. The lowest BCUT2D eigenvalue weighted by Crippen LogP contribution is -2.51. The maximum atomic E-state index is 13.5. The summed E-state index contributed by atoms with van der Waals surface area (Å²) < 4.78 is 28.2. The number of aryl methyl sites for hydroxylation is 1. The van der Waals surface area contributed by atoms with E-state index in [0.717, 1.165) is 24.8 Å². The molecule has 0 spiro atoms. The summed E-state index contributed by atoms with van der Waals surface area (Å²) in [5.74, 6) is 0.645. The van der Waals surface area contributed by atoms with Crippen molar-refractivity contribution in [3.63, 3.8) is 0 Å². The quantitative estimate of drug-likeness (QED) is 0.262. The van der Waals surface area contributed by atoms with E-state index >= 15 is 0 Å². The Balaban J connectivity index is 1.38. The minimum absolute atomic E-state index is 0.0171. The van der Waals surface area contributed by atoms with Gasteiger partial charge < -0.3 is 15.1 Å². The maximum absolute atomic E-state index is 13.5. The Morgan fingerprint density at radius 2 is 1.83 bits per heavy atom. The molecule has 1 N–H and O–H groups in total. The molecule has 2 aromatic carbocycles. The number of carbonyl (C=O) groups excluding carboxylic acids is 1. The molecule has 41 heavy (non-hydrogen) atoms. The molecule has 0 bridgehead atoms. The van der Waals surface area contributed by atoms with Crippen LogP contribution in [0.2, 0.25) is 10.0 Å². The van der Waals surface area contributed by atoms with Crippen LogP contribution in [-0.4, -0.2) is 65.4 Å². The SMILES string of the molecule is CCCN(c1ncnc2c1ccn2S(=O)(=O)c1ccc(C)cc1)C1CCCN(C(=O)CNc2cc(Cl)cc(Cl)c2)C1. The smallest absolute Gasteiger partial charge is 0.269 e. The molecule has 0 aliphatic carbocycles. The van der Waals surface area contributed by atoms with Crippen LogP contribution < -0.4 is 10.2 Å². The lowest BCUT2D eigenvalue weighted by atomic mass is 10.0. The standard InChI is InChI=1S/C29H32Cl2N6O3S/c1-3-11-36(24-5-4-12-35(18-24)27(38)17-32-23-15-21(30)14-22(31)16-23)28-26-10-13-37(29(26)34-19-33-28)41(39,40)25-8-6-20(2)7-9-25/h6-10,13-16,19,24,32H,3-5,11-12,17-18H2,1-2H3. The van der Waals surface area contributed by atoms with Gasteiger partial charge in [-0.05, 0) is 62.6 Å². The van der Waals surface area contributed by atoms with Gasteiger partial charge in [-0.2, -0.15) is 0 Å². The first-order chi connectivity index (χ1) is 19.7. The van der Waals surface area contributed by atoms with Crippen LogP contribution in [0.25, 0.3) is 11.0 Å². The Hall–Kier alpha value is -3.34. The second kappa shape index (κ2) is 12.3. The Morgan fingerprint density at radius 1 is 1.10 bits per heavy atom. The summed E-state index contributed by atoms with van der Waals surface area (Å²) in [6.07, 6.45) is 5.53. The van der Waals surface area contributed by atoms with E-state index in [-0.39, 0.29) is 23.4 Å². The number of hydrogen-bond donors (Lipinski definition) is 1. The molecule has 1 amide bonds. The molecule has 3 heterocycles. The van der Waals surface area contributed by atoms with Gasteiger partial charge in [-0.25, -0.2) is 22.4 Å². The van der Waals surface area contributed by atoms with E-state index in [2.05, 4.69) is 27.1 Å². The van der Waals surface area contributed by atoms with Gasteiger partial charge in [0, 0.05) is 47.6 Å². The first-order valence-electron chi connectivity index (χ1n) is 13.6. The van der Waals surface area contributed by atoms with E-state index < -0.39 is 10.0 Å². The number of piperidine rings is 1. The molecule has 0 radical (unpaired) electrons. The zero-order valence-corrected chi connectivity index (χ0v) is 25.3. The maximum Gasteiger partial charge on any atom is 0.269 e. The van der Waals surface area contributed by atoms with Gasteiger partial charge in [-0.1, -0.05) is 47.8 Å². The number of benzene rings is 2. The fourth-order valence-electron chi connectivity index (χ4n) is 5.24. The van der Waals surface area contributed by atoms with Gasteiger partial charge in [0.1, 0.15) is 12.1 Å². The highest BCUT2D eigenvalue weighted by Crippen LogP contribution is 2.30. The number of nitrogens with one attached hydrogen (secondary N) is 1. The van der Waals surface area contributed by atoms with Crippen LogP contribution in [0, 0.1) is 6.92 Å². The molecular weight excluding hydrogens is 583 g/mol. The van der Waals surface area contributed by atoms with Gasteiger partial charge in [-0.3, -0.25) is 4.79 Å². The molecule has 1 saturated heterocycles. The van der Waals surface area contributed by atoms with Gasteiger partial charge in [0.2, 0.25) is 5.91 Å². The van der Waals surface area contributed by atoms with Crippen LogP contribution in [-0.2, 0) is 14.8 Å². The summed E-state index contributed by atoms with van der Waals surface area (Å²) in [6, 6.07) is 13.6. The van der Waals surface area contributed by atoms with Gasteiger partial charge in [0.15, 0.2) is 5.65 Å². The number of likely N-dealkylation sites (tertiary alicyclic amines) is 1. The third kappa shape index (κ3) is 6.29. The summed E-state index contributed by atoms with van der Waals surface area (Å²) >= 11 is 12.2.